The van der Waals surface area contributed by atoms with E-state index in [1.807, 2.05) is 24.3 Å². The predicted octanol–water partition coefficient (Wildman–Crippen LogP) is 5.85. The molecule has 1 N–H and O–H groups in total. The quantitative estimate of drug-likeness (QED) is 0.350. The Morgan fingerprint density at radius 1 is 1.15 bits per heavy atom. The second-order valence-corrected chi connectivity index (χ2v) is 9.21. The number of nitrogens with one attached hydrogen (secondary N) is 1. The smallest absolute Gasteiger partial charge is 0.206 e. The minimum atomic E-state index is 0.609. The van der Waals surface area contributed by atoms with Crippen molar-refractivity contribution < 1.29 is 4.42 Å². The second kappa shape index (κ2) is 8.88. The van der Waals surface area contributed by atoms with Crippen LogP contribution in [0.15, 0.2) is 56.7 Å². The summed E-state index contributed by atoms with van der Waals surface area (Å²) in [7, 11) is 0. The van der Waals surface area contributed by atoms with E-state index in [9.17, 15) is 0 Å². The molecule has 0 aliphatic carbocycles. The largest absolute Gasteiger partial charge is 0.440 e. The first-order valence-electron chi connectivity index (χ1n) is 8.19. The molecule has 0 bridgehead atoms. The highest BCUT2D eigenvalue weighted by Gasteiger charge is 2.10. The van der Waals surface area contributed by atoms with Crippen LogP contribution in [0, 0.1) is 0 Å². The number of anilines is 1. The highest BCUT2D eigenvalue weighted by atomic mass is 35.5. The van der Waals surface area contributed by atoms with Gasteiger partial charge >= 0.3 is 0 Å². The van der Waals surface area contributed by atoms with Crippen molar-refractivity contribution in [2.24, 2.45) is 0 Å². The lowest BCUT2D eigenvalue weighted by atomic mass is 10.2. The van der Waals surface area contributed by atoms with E-state index in [0.717, 1.165) is 33.8 Å². The predicted molar refractivity (Wildman–Crippen MR) is 113 cm³/mol. The monoisotopic (exact) mass is 434 g/mol. The minimum absolute atomic E-state index is 0.609. The van der Waals surface area contributed by atoms with E-state index in [1.54, 1.807) is 40.6 Å². The third-order valence-electron chi connectivity index (χ3n) is 3.64. The molecule has 4 aromatic rings. The standard InChI is InChI=1S/C18H15ClN4OS3/c19-13-5-3-12(4-6-13)15-10-21-16(24-15)11-26-18-23-22-17(27-18)20-8-7-14-2-1-9-25-14/h1-6,9-10H,7-8,11H2,(H,20,22). The molecule has 0 radical (unpaired) electrons. The Labute approximate surface area is 173 Å². The van der Waals surface area contributed by atoms with Gasteiger partial charge in [-0.1, -0.05) is 40.8 Å². The van der Waals surface area contributed by atoms with E-state index in [2.05, 4.69) is 38.0 Å². The second-order valence-electron chi connectivity index (χ2n) is 5.54. The van der Waals surface area contributed by atoms with Crippen molar-refractivity contribution in [3.8, 4) is 11.3 Å². The maximum absolute atomic E-state index is 5.92. The maximum atomic E-state index is 5.92. The Bertz CT molecular complexity index is 982. The average Bonchev–Trinajstić information content (AvgIpc) is 3.43. The van der Waals surface area contributed by atoms with Gasteiger partial charge in [0.25, 0.3) is 0 Å². The van der Waals surface area contributed by atoms with Crippen molar-refractivity contribution in [1.82, 2.24) is 15.2 Å². The highest BCUT2D eigenvalue weighted by Crippen LogP contribution is 2.29. The van der Waals surface area contributed by atoms with Crippen LogP contribution in [0.25, 0.3) is 11.3 Å². The van der Waals surface area contributed by atoms with Gasteiger partial charge in [-0.25, -0.2) is 4.98 Å². The molecule has 1 aromatic carbocycles. The lowest BCUT2D eigenvalue weighted by Crippen LogP contribution is -2.03. The first-order valence-corrected chi connectivity index (χ1v) is 11.3. The Morgan fingerprint density at radius 3 is 2.85 bits per heavy atom. The van der Waals surface area contributed by atoms with Crippen LogP contribution in [-0.2, 0) is 12.2 Å². The van der Waals surface area contributed by atoms with Crippen molar-refractivity contribution in [2.45, 2.75) is 16.5 Å². The maximum Gasteiger partial charge on any atom is 0.206 e. The summed E-state index contributed by atoms with van der Waals surface area (Å²) in [5, 5.41) is 15.3. The third-order valence-corrected chi connectivity index (χ3v) is 6.82. The van der Waals surface area contributed by atoms with Crippen molar-refractivity contribution in [1.29, 1.82) is 0 Å². The number of hydrogen-bond acceptors (Lipinski definition) is 8. The summed E-state index contributed by atoms with van der Waals surface area (Å²) in [6, 6.07) is 11.7. The van der Waals surface area contributed by atoms with E-state index in [1.165, 1.54) is 4.88 Å². The first kappa shape index (κ1) is 18.5. The fourth-order valence-electron chi connectivity index (χ4n) is 2.34. The molecule has 0 saturated heterocycles. The van der Waals surface area contributed by atoms with Gasteiger partial charge in [0.2, 0.25) is 11.0 Å². The summed E-state index contributed by atoms with van der Waals surface area (Å²) >= 11 is 10.8. The van der Waals surface area contributed by atoms with E-state index in [0.29, 0.717) is 16.7 Å². The number of halogens is 1. The Kier molecular flexibility index (Phi) is 6.08. The number of benzene rings is 1. The van der Waals surface area contributed by atoms with Gasteiger partial charge in [-0.05, 0) is 42.1 Å². The topological polar surface area (TPSA) is 63.8 Å². The van der Waals surface area contributed by atoms with Crippen LogP contribution < -0.4 is 5.32 Å². The van der Waals surface area contributed by atoms with Crippen LogP contribution in [0.5, 0.6) is 0 Å². The molecule has 4 rings (SSSR count). The van der Waals surface area contributed by atoms with Gasteiger partial charge in [-0.2, -0.15) is 0 Å². The molecule has 9 heteroatoms. The molecule has 0 fully saturated rings. The van der Waals surface area contributed by atoms with E-state index >= 15 is 0 Å². The van der Waals surface area contributed by atoms with Gasteiger partial charge in [0.15, 0.2) is 10.1 Å². The number of aromatic nitrogens is 3. The lowest BCUT2D eigenvalue weighted by Gasteiger charge is -1.99. The van der Waals surface area contributed by atoms with Gasteiger partial charge in [-0.3, -0.25) is 0 Å². The summed E-state index contributed by atoms with van der Waals surface area (Å²) in [4.78, 5) is 5.70. The summed E-state index contributed by atoms with van der Waals surface area (Å²) in [5.74, 6) is 2.00. The number of hydrogen-bond donors (Lipinski definition) is 1. The molecular formula is C18H15ClN4OS3. The summed E-state index contributed by atoms with van der Waals surface area (Å²) in [6.45, 7) is 0.851. The molecule has 0 aliphatic rings. The molecule has 0 spiro atoms. The number of nitrogens with zero attached hydrogens (tertiary/aromatic N) is 3. The molecule has 3 heterocycles. The van der Waals surface area contributed by atoms with Gasteiger partial charge in [-0.15, -0.1) is 21.5 Å². The summed E-state index contributed by atoms with van der Waals surface area (Å²) in [5.41, 5.74) is 0.955. The zero-order chi connectivity index (χ0) is 18.5. The molecule has 3 aromatic heterocycles. The number of rotatable bonds is 8. The van der Waals surface area contributed by atoms with E-state index in [4.69, 9.17) is 16.0 Å². The molecular weight excluding hydrogens is 420 g/mol. The third kappa shape index (κ3) is 5.10. The van der Waals surface area contributed by atoms with Gasteiger partial charge in [0.05, 0.1) is 11.9 Å². The average molecular weight is 435 g/mol. The number of thiophene rings is 1. The van der Waals surface area contributed by atoms with Crippen LogP contribution >= 0.6 is 46.0 Å². The molecule has 0 unspecified atom stereocenters. The Morgan fingerprint density at radius 2 is 2.04 bits per heavy atom. The van der Waals surface area contributed by atoms with Crippen LogP contribution in [-0.4, -0.2) is 21.7 Å². The molecule has 5 nitrogen and oxygen atoms in total. The summed E-state index contributed by atoms with van der Waals surface area (Å²) in [6.07, 6.45) is 2.72. The highest BCUT2D eigenvalue weighted by molar-refractivity contribution is 8.00. The van der Waals surface area contributed by atoms with Gasteiger partial charge < -0.3 is 9.73 Å². The van der Waals surface area contributed by atoms with Crippen LogP contribution in [0.4, 0.5) is 5.13 Å². The molecule has 0 atom stereocenters. The van der Waals surface area contributed by atoms with Crippen LogP contribution in [0.1, 0.15) is 10.8 Å². The van der Waals surface area contributed by atoms with Crippen molar-refractivity contribution in [3.63, 3.8) is 0 Å². The van der Waals surface area contributed by atoms with E-state index < -0.39 is 0 Å². The Balaban J connectivity index is 1.28. The minimum Gasteiger partial charge on any atom is -0.440 e. The molecule has 27 heavy (non-hydrogen) atoms. The number of oxazole rings is 1. The van der Waals surface area contributed by atoms with E-state index in [-0.39, 0.29) is 0 Å². The van der Waals surface area contributed by atoms with Crippen molar-refractivity contribution in [3.05, 3.63) is 63.8 Å². The van der Waals surface area contributed by atoms with Crippen molar-refractivity contribution >= 4 is 51.2 Å². The van der Waals surface area contributed by atoms with Gasteiger partial charge in [0.1, 0.15) is 0 Å². The zero-order valence-corrected chi connectivity index (χ0v) is 17.3. The molecule has 0 saturated carbocycles. The first-order chi connectivity index (χ1) is 13.3. The SMILES string of the molecule is Clc1ccc(-c2cnc(CSc3nnc(NCCc4cccs4)s3)o2)cc1. The van der Waals surface area contributed by atoms with Crippen LogP contribution in [0.2, 0.25) is 5.02 Å². The lowest BCUT2D eigenvalue weighted by molar-refractivity contribution is 0.530. The Hall–Kier alpha value is -1.87. The normalized spacial score (nSPS) is 11.0. The van der Waals surface area contributed by atoms with Crippen LogP contribution in [0.3, 0.4) is 0 Å². The molecule has 0 amide bonds. The van der Waals surface area contributed by atoms with Gasteiger partial charge in [0, 0.05) is 22.0 Å². The fourth-order valence-corrected chi connectivity index (χ4v) is 4.80. The van der Waals surface area contributed by atoms with Crippen molar-refractivity contribution in [2.75, 3.05) is 11.9 Å². The summed E-state index contributed by atoms with van der Waals surface area (Å²) < 4.78 is 6.70. The molecule has 138 valence electrons. The zero-order valence-electron chi connectivity index (χ0n) is 14.1. The molecule has 0 aliphatic heterocycles. The number of thioether (sulfide) groups is 1. The fraction of sp³-hybridized carbons (Fsp3) is 0.167.